The van der Waals surface area contributed by atoms with Crippen LogP contribution >= 0.6 is 57.6 Å². The molecule has 0 saturated carbocycles. The summed E-state index contributed by atoms with van der Waals surface area (Å²) in [6.07, 6.45) is 1.75. The predicted octanol–water partition coefficient (Wildman–Crippen LogP) is 8.57. The lowest BCUT2D eigenvalue weighted by Crippen LogP contribution is -2.27. The molecule has 2 amide bonds. The van der Waals surface area contributed by atoms with Crippen molar-refractivity contribution in [1.82, 2.24) is 4.90 Å². The van der Waals surface area contributed by atoms with Crippen molar-refractivity contribution in [3.8, 4) is 5.75 Å². The van der Waals surface area contributed by atoms with Gasteiger partial charge in [-0.3, -0.25) is 14.5 Å². The Morgan fingerprint density at radius 3 is 2.53 bits per heavy atom. The van der Waals surface area contributed by atoms with Gasteiger partial charge in [0.25, 0.3) is 11.1 Å². The minimum Gasteiger partial charge on any atom is -0.488 e. The van der Waals surface area contributed by atoms with Crippen LogP contribution in [0.1, 0.15) is 16.7 Å². The third-order valence-electron chi connectivity index (χ3n) is 5.71. The maximum absolute atomic E-state index is 13.1. The zero-order chi connectivity index (χ0) is 25.2. The zero-order valence-corrected chi connectivity index (χ0v) is 23.2. The maximum atomic E-state index is 13.1. The second-order valence-corrected chi connectivity index (χ2v) is 11.1. The first-order valence-corrected chi connectivity index (χ1v) is 13.6. The summed E-state index contributed by atoms with van der Waals surface area (Å²) in [6.45, 7) is 0.585. The maximum Gasteiger partial charge on any atom is 0.293 e. The number of ether oxygens (including phenoxy) is 1. The number of amides is 2. The number of rotatable bonds is 6. The van der Waals surface area contributed by atoms with Crippen molar-refractivity contribution >= 4 is 85.5 Å². The number of carbonyl (C=O) groups excluding carboxylic acids is 2. The van der Waals surface area contributed by atoms with Crippen molar-refractivity contribution in [1.29, 1.82) is 0 Å². The minimum atomic E-state index is -0.284. The molecule has 5 rings (SSSR count). The SMILES string of the molecule is O=C1S/C(=C/c2ccc(OCc3ccc(Cl)c(Cl)c3)c(I)c2)C(=O)N1Cc1cccc2ccccc12. The molecule has 4 aromatic rings. The van der Waals surface area contributed by atoms with E-state index in [0.717, 1.165) is 42.8 Å². The molecule has 36 heavy (non-hydrogen) atoms. The molecule has 4 aromatic carbocycles. The van der Waals surface area contributed by atoms with Crippen molar-refractivity contribution in [3.05, 3.63) is 114 Å². The van der Waals surface area contributed by atoms with Gasteiger partial charge >= 0.3 is 0 Å². The molecule has 1 saturated heterocycles. The molecule has 0 bridgehead atoms. The van der Waals surface area contributed by atoms with Crippen LogP contribution in [0, 0.1) is 3.57 Å². The Labute approximate surface area is 236 Å². The van der Waals surface area contributed by atoms with E-state index in [1.807, 2.05) is 66.7 Å². The van der Waals surface area contributed by atoms with Gasteiger partial charge in [0.1, 0.15) is 12.4 Å². The van der Waals surface area contributed by atoms with Gasteiger partial charge in [0.15, 0.2) is 0 Å². The summed E-state index contributed by atoms with van der Waals surface area (Å²) < 4.78 is 6.82. The smallest absolute Gasteiger partial charge is 0.293 e. The highest BCUT2D eigenvalue weighted by atomic mass is 127. The van der Waals surface area contributed by atoms with Crippen LogP contribution in [0.3, 0.4) is 0 Å². The second kappa shape index (κ2) is 10.8. The van der Waals surface area contributed by atoms with Crippen molar-refractivity contribution in [2.75, 3.05) is 0 Å². The van der Waals surface area contributed by atoms with Gasteiger partial charge in [-0.15, -0.1) is 0 Å². The van der Waals surface area contributed by atoms with Crippen LogP contribution in [0.5, 0.6) is 5.75 Å². The highest BCUT2D eigenvalue weighted by Gasteiger charge is 2.35. The number of thioether (sulfide) groups is 1. The monoisotopic (exact) mass is 645 g/mol. The standard InChI is InChI=1S/C28H18Cl2INO3S/c29-22-10-8-18(12-23(22)30)16-35-25-11-9-17(13-24(25)31)14-26-27(33)32(28(34)36-26)15-20-6-3-5-19-4-1-2-7-21(19)20/h1-14H,15-16H2/b26-14+. The van der Waals surface area contributed by atoms with Crippen LogP contribution in [0.2, 0.25) is 10.0 Å². The quantitative estimate of drug-likeness (QED) is 0.156. The molecular weight excluding hydrogens is 628 g/mol. The fourth-order valence-corrected chi connectivity index (χ4v) is 5.76. The van der Waals surface area contributed by atoms with E-state index in [9.17, 15) is 9.59 Å². The van der Waals surface area contributed by atoms with Crippen LogP contribution in [0.15, 0.2) is 83.8 Å². The Kier molecular flexibility index (Phi) is 7.57. The van der Waals surface area contributed by atoms with Crippen molar-refractivity contribution < 1.29 is 14.3 Å². The zero-order valence-electron chi connectivity index (χ0n) is 18.7. The van der Waals surface area contributed by atoms with Gasteiger partial charge < -0.3 is 4.74 Å². The summed E-state index contributed by atoms with van der Waals surface area (Å²) >= 11 is 15.2. The third kappa shape index (κ3) is 5.42. The molecule has 8 heteroatoms. The molecule has 0 atom stereocenters. The molecular formula is C28H18Cl2INO3S. The van der Waals surface area contributed by atoms with Gasteiger partial charge in [-0.05, 0) is 92.2 Å². The van der Waals surface area contributed by atoms with Crippen LogP contribution in [-0.4, -0.2) is 16.0 Å². The number of nitrogens with zero attached hydrogens (tertiary/aromatic N) is 1. The highest BCUT2D eigenvalue weighted by molar-refractivity contribution is 14.1. The summed E-state index contributed by atoms with van der Waals surface area (Å²) in [5.41, 5.74) is 2.66. The Hall–Kier alpha value is -2.52. The molecule has 180 valence electrons. The number of imide groups is 1. The largest absolute Gasteiger partial charge is 0.488 e. The van der Waals surface area contributed by atoms with Gasteiger partial charge in [0.05, 0.1) is 25.1 Å². The average molecular weight is 646 g/mol. The van der Waals surface area contributed by atoms with Crippen LogP contribution in [-0.2, 0) is 17.9 Å². The highest BCUT2D eigenvalue weighted by Crippen LogP contribution is 2.35. The van der Waals surface area contributed by atoms with Crippen LogP contribution in [0.4, 0.5) is 4.79 Å². The molecule has 0 aromatic heterocycles. The molecule has 1 heterocycles. The lowest BCUT2D eigenvalue weighted by Gasteiger charge is -2.14. The Morgan fingerprint density at radius 2 is 1.72 bits per heavy atom. The van der Waals surface area contributed by atoms with Gasteiger partial charge in [0.2, 0.25) is 0 Å². The van der Waals surface area contributed by atoms with E-state index in [2.05, 4.69) is 22.6 Å². The van der Waals surface area contributed by atoms with Gasteiger partial charge in [-0.2, -0.15) is 0 Å². The number of hydrogen-bond acceptors (Lipinski definition) is 4. The fourth-order valence-electron chi connectivity index (χ4n) is 3.90. The Balaban J connectivity index is 1.30. The van der Waals surface area contributed by atoms with E-state index < -0.39 is 0 Å². The second-order valence-electron chi connectivity index (χ2n) is 8.13. The number of carbonyl (C=O) groups is 2. The minimum absolute atomic E-state index is 0.238. The molecule has 0 aliphatic carbocycles. The molecule has 0 N–H and O–H groups in total. The van der Waals surface area contributed by atoms with Gasteiger partial charge in [0, 0.05) is 0 Å². The summed E-state index contributed by atoms with van der Waals surface area (Å²) in [4.78, 5) is 27.5. The topological polar surface area (TPSA) is 46.6 Å². The normalized spacial score (nSPS) is 14.8. The number of hydrogen-bond donors (Lipinski definition) is 0. The summed E-state index contributed by atoms with van der Waals surface area (Å²) in [6, 6.07) is 24.9. The Morgan fingerprint density at radius 1 is 0.917 bits per heavy atom. The van der Waals surface area contributed by atoms with Gasteiger partial charge in [-0.25, -0.2) is 0 Å². The molecule has 0 radical (unpaired) electrons. The van der Waals surface area contributed by atoms with Crippen LogP contribution in [0.25, 0.3) is 16.8 Å². The molecule has 1 fully saturated rings. The number of benzene rings is 4. The third-order valence-corrected chi connectivity index (χ3v) is 8.20. The predicted molar refractivity (Wildman–Crippen MR) is 155 cm³/mol. The Bertz CT molecular complexity index is 1530. The van der Waals surface area contributed by atoms with E-state index in [1.54, 1.807) is 18.2 Å². The molecule has 4 nitrogen and oxygen atoms in total. The fraction of sp³-hybridized carbons (Fsp3) is 0.0714. The number of halogens is 3. The molecule has 0 spiro atoms. The van der Waals surface area contributed by atoms with Crippen molar-refractivity contribution in [2.45, 2.75) is 13.2 Å². The lowest BCUT2D eigenvalue weighted by atomic mass is 10.0. The molecule has 1 aliphatic rings. The van der Waals surface area contributed by atoms with E-state index in [0.29, 0.717) is 27.3 Å². The summed E-state index contributed by atoms with van der Waals surface area (Å²) in [5.74, 6) is 0.427. The molecule has 0 unspecified atom stereocenters. The van der Waals surface area contributed by atoms with Crippen LogP contribution < -0.4 is 4.74 Å². The average Bonchev–Trinajstić information content (AvgIpc) is 3.13. The molecule has 1 aliphatic heterocycles. The first-order chi connectivity index (χ1) is 17.4. The summed E-state index contributed by atoms with van der Waals surface area (Å²) in [5, 5.41) is 2.83. The first-order valence-electron chi connectivity index (χ1n) is 11.0. The van der Waals surface area contributed by atoms with Crippen molar-refractivity contribution in [3.63, 3.8) is 0 Å². The van der Waals surface area contributed by atoms with E-state index in [4.69, 9.17) is 27.9 Å². The van der Waals surface area contributed by atoms with Crippen molar-refractivity contribution in [2.24, 2.45) is 0 Å². The van der Waals surface area contributed by atoms with E-state index in [-0.39, 0.29) is 17.7 Å². The lowest BCUT2D eigenvalue weighted by molar-refractivity contribution is -0.123. The first kappa shape index (κ1) is 25.1. The summed E-state index contributed by atoms with van der Waals surface area (Å²) in [7, 11) is 0. The van der Waals surface area contributed by atoms with E-state index >= 15 is 0 Å². The van der Waals surface area contributed by atoms with E-state index in [1.165, 1.54) is 4.90 Å². The number of fused-ring (bicyclic) bond motifs is 1. The van der Waals surface area contributed by atoms with Gasteiger partial charge in [-0.1, -0.05) is 77.8 Å².